The Morgan fingerprint density at radius 3 is 2.69 bits per heavy atom. The molecule has 3 N–H and O–H groups in total. The molecule has 86 valence electrons. The largest absolute Gasteiger partial charge is 0.497 e. The third-order valence-corrected chi connectivity index (χ3v) is 2.20. The molecule has 0 saturated heterocycles. The van der Waals surface area contributed by atoms with Gasteiger partial charge in [-0.1, -0.05) is 12.1 Å². The SMILES string of the molecule is COc1cccc(C(CC(N)=O)C(=O)O)c1. The molecule has 0 heterocycles. The second-order valence-electron chi connectivity index (χ2n) is 3.34. The molecule has 1 unspecified atom stereocenters. The van der Waals surface area contributed by atoms with Crippen LogP contribution in [0.3, 0.4) is 0 Å². The number of carboxylic acid groups (broad SMARTS) is 1. The van der Waals surface area contributed by atoms with Gasteiger partial charge >= 0.3 is 5.97 Å². The van der Waals surface area contributed by atoms with E-state index in [1.54, 1.807) is 24.3 Å². The predicted octanol–water partition coefficient (Wildman–Crippen LogP) is 0.739. The number of carbonyl (C=O) groups excluding carboxylic acids is 1. The first kappa shape index (κ1) is 12.0. The number of amides is 1. The van der Waals surface area contributed by atoms with Crippen molar-refractivity contribution in [2.45, 2.75) is 12.3 Å². The fourth-order valence-electron chi connectivity index (χ4n) is 1.41. The van der Waals surface area contributed by atoms with E-state index in [1.165, 1.54) is 7.11 Å². The summed E-state index contributed by atoms with van der Waals surface area (Å²) in [4.78, 5) is 21.8. The first-order valence-electron chi connectivity index (χ1n) is 4.69. The summed E-state index contributed by atoms with van der Waals surface area (Å²) in [7, 11) is 1.49. The molecule has 5 nitrogen and oxygen atoms in total. The molecule has 0 aliphatic heterocycles. The van der Waals surface area contributed by atoms with Crippen molar-refractivity contribution in [3.8, 4) is 5.75 Å². The van der Waals surface area contributed by atoms with Gasteiger partial charge in [0.05, 0.1) is 13.0 Å². The lowest BCUT2D eigenvalue weighted by molar-refractivity contribution is -0.140. The second kappa shape index (κ2) is 5.16. The molecule has 0 fully saturated rings. The van der Waals surface area contributed by atoms with Crippen LogP contribution in [0, 0.1) is 0 Å². The van der Waals surface area contributed by atoms with E-state index in [1.807, 2.05) is 0 Å². The number of hydrogen-bond donors (Lipinski definition) is 2. The average Bonchev–Trinajstić information content (AvgIpc) is 2.25. The van der Waals surface area contributed by atoms with Crippen LogP contribution in [0.1, 0.15) is 17.9 Å². The van der Waals surface area contributed by atoms with E-state index in [4.69, 9.17) is 15.6 Å². The van der Waals surface area contributed by atoms with Crippen molar-refractivity contribution in [2.75, 3.05) is 7.11 Å². The molecular formula is C11H13NO4. The Kier molecular flexibility index (Phi) is 3.88. The average molecular weight is 223 g/mol. The zero-order valence-corrected chi connectivity index (χ0v) is 8.84. The van der Waals surface area contributed by atoms with Crippen LogP contribution < -0.4 is 10.5 Å². The second-order valence-corrected chi connectivity index (χ2v) is 3.34. The van der Waals surface area contributed by atoms with Crippen LogP contribution in [0.2, 0.25) is 0 Å². The molecule has 0 spiro atoms. The highest BCUT2D eigenvalue weighted by Crippen LogP contribution is 2.23. The first-order valence-corrected chi connectivity index (χ1v) is 4.69. The van der Waals surface area contributed by atoms with Gasteiger partial charge in [-0.3, -0.25) is 9.59 Å². The molecule has 1 atom stereocenters. The van der Waals surface area contributed by atoms with Gasteiger partial charge in [0.1, 0.15) is 5.75 Å². The smallest absolute Gasteiger partial charge is 0.311 e. The van der Waals surface area contributed by atoms with Gasteiger partial charge in [0.15, 0.2) is 0 Å². The summed E-state index contributed by atoms with van der Waals surface area (Å²) in [5, 5.41) is 8.99. The third kappa shape index (κ3) is 2.98. The number of methoxy groups -OCH3 is 1. The van der Waals surface area contributed by atoms with Gasteiger partial charge in [-0.2, -0.15) is 0 Å². The molecule has 0 saturated carbocycles. The van der Waals surface area contributed by atoms with Gasteiger partial charge in [0.25, 0.3) is 0 Å². The van der Waals surface area contributed by atoms with Crippen molar-refractivity contribution < 1.29 is 19.4 Å². The fraction of sp³-hybridized carbons (Fsp3) is 0.273. The van der Waals surface area contributed by atoms with Crippen LogP contribution in [-0.2, 0) is 9.59 Å². The topological polar surface area (TPSA) is 89.6 Å². The van der Waals surface area contributed by atoms with E-state index in [9.17, 15) is 9.59 Å². The minimum absolute atomic E-state index is 0.220. The maximum Gasteiger partial charge on any atom is 0.311 e. The van der Waals surface area contributed by atoms with Gasteiger partial charge < -0.3 is 15.6 Å². The standard InChI is InChI=1S/C11H13NO4/c1-16-8-4-2-3-7(5-8)9(11(14)15)6-10(12)13/h2-5,9H,6H2,1H3,(H2,12,13)(H,14,15). The van der Waals surface area contributed by atoms with Crippen LogP contribution in [0.4, 0.5) is 0 Å². The van der Waals surface area contributed by atoms with Crippen molar-refractivity contribution in [3.05, 3.63) is 29.8 Å². The number of carbonyl (C=O) groups is 2. The maximum atomic E-state index is 11.0. The molecule has 0 radical (unpaired) electrons. The highest BCUT2D eigenvalue weighted by atomic mass is 16.5. The van der Waals surface area contributed by atoms with Gasteiger partial charge in [-0.15, -0.1) is 0 Å². The summed E-state index contributed by atoms with van der Waals surface area (Å²) in [5.41, 5.74) is 5.51. The lowest BCUT2D eigenvalue weighted by Gasteiger charge is -2.11. The fourth-order valence-corrected chi connectivity index (χ4v) is 1.41. The summed E-state index contributed by atoms with van der Waals surface area (Å²) < 4.78 is 4.98. The Labute approximate surface area is 92.8 Å². The summed E-state index contributed by atoms with van der Waals surface area (Å²) in [5.74, 6) is -2.09. The molecule has 0 bridgehead atoms. The molecule has 0 aromatic heterocycles. The van der Waals surface area contributed by atoms with Crippen molar-refractivity contribution in [1.29, 1.82) is 0 Å². The number of aliphatic carboxylic acids is 1. The van der Waals surface area contributed by atoms with E-state index >= 15 is 0 Å². The van der Waals surface area contributed by atoms with E-state index < -0.39 is 17.8 Å². The maximum absolute atomic E-state index is 11.0. The Bertz CT molecular complexity index is 403. The first-order chi connectivity index (χ1) is 7.54. The predicted molar refractivity (Wildman–Crippen MR) is 57.2 cm³/mol. The number of nitrogens with two attached hydrogens (primary N) is 1. The number of rotatable bonds is 5. The molecule has 1 rings (SSSR count). The summed E-state index contributed by atoms with van der Waals surface area (Å²) in [6.07, 6.45) is -0.220. The minimum atomic E-state index is -1.08. The Balaban J connectivity index is 3.00. The van der Waals surface area contributed by atoms with Gasteiger partial charge in [0.2, 0.25) is 5.91 Å². The molecule has 1 aromatic carbocycles. The zero-order valence-electron chi connectivity index (χ0n) is 8.84. The normalized spacial score (nSPS) is 11.8. The molecular weight excluding hydrogens is 210 g/mol. The molecule has 0 aliphatic rings. The van der Waals surface area contributed by atoms with Crippen LogP contribution in [0.5, 0.6) is 5.75 Å². The van der Waals surface area contributed by atoms with Crippen LogP contribution in [-0.4, -0.2) is 24.1 Å². The van der Waals surface area contributed by atoms with Crippen molar-refractivity contribution in [3.63, 3.8) is 0 Å². The quantitative estimate of drug-likeness (QED) is 0.770. The van der Waals surface area contributed by atoms with E-state index in [2.05, 4.69) is 0 Å². The van der Waals surface area contributed by atoms with Gasteiger partial charge in [-0.05, 0) is 17.7 Å². The van der Waals surface area contributed by atoms with Gasteiger partial charge in [0, 0.05) is 6.42 Å². The Morgan fingerprint density at radius 1 is 1.50 bits per heavy atom. The van der Waals surface area contributed by atoms with E-state index in [0.717, 1.165) is 0 Å². The zero-order chi connectivity index (χ0) is 12.1. The molecule has 5 heteroatoms. The van der Waals surface area contributed by atoms with Crippen molar-refractivity contribution in [1.82, 2.24) is 0 Å². The number of hydrogen-bond acceptors (Lipinski definition) is 3. The van der Waals surface area contributed by atoms with E-state index in [-0.39, 0.29) is 6.42 Å². The highest BCUT2D eigenvalue weighted by Gasteiger charge is 2.22. The van der Waals surface area contributed by atoms with Crippen molar-refractivity contribution >= 4 is 11.9 Å². The van der Waals surface area contributed by atoms with Crippen LogP contribution >= 0.6 is 0 Å². The molecule has 0 aliphatic carbocycles. The third-order valence-electron chi connectivity index (χ3n) is 2.20. The van der Waals surface area contributed by atoms with Crippen LogP contribution in [0.15, 0.2) is 24.3 Å². The molecule has 1 aromatic rings. The number of benzene rings is 1. The summed E-state index contributed by atoms with van der Waals surface area (Å²) in [6, 6.07) is 6.59. The van der Waals surface area contributed by atoms with E-state index in [0.29, 0.717) is 11.3 Å². The molecule has 1 amide bonds. The number of primary amides is 1. The molecule has 16 heavy (non-hydrogen) atoms. The summed E-state index contributed by atoms with van der Waals surface area (Å²) >= 11 is 0. The van der Waals surface area contributed by atoms with Gasteiger partial charge in [-0.25, -0.2) is 0 Å². The van der Waals surface area contributed by atoms with Crippen molar-refractivity contribution in [2.24, 2.45) is 5.73 Å². The lowest BCUT2D eigenvalue weighted by Crippen LogP contribution is -2.20. The number of carboxylic acids is 1. The minimum Gasteiger partial charge on any atom is -0.497 e. The lowest BCUT2D eigenvalue weighted by atomic mass is 9.95. The number of ether oxygens (including phenoxy) is 1. The monoisotopic (exact) mass is 223 g/mol. The Hall–Kier alpha value is -2.04. The summed E-state index contributed by atoms with van der Waals surface area (Å²) in [6.45, 7) is 0. The highest BCUT2D eigenvalue weighted by molar-refractivity contribution is 5.84. The Morgan fingerprint density at radius 2 is 2.19 bits per heavy atom. The van der Waals surface area contributed by atoms with Crippen LogP contribution in [0.25, 0.3) is 0 Å².